The summed E-state index contributed by atoms with van der Waals surface area (Å²) in [5, 5.41) is 9.06. The summed E-state index contributed by atoms with van der Waals surface area (Å²) >= 11 is 1.09. The average molecular weight is 265 g/mol. The number of carboxylic acids is 1. The lowest BCUT2D eigenvalue weighted by molar-refractivity contribution is 0.0703. The molecule has 18 heavy (non-hydrogen) atoms. The van der Waals surface area contributed by atoms with Crippen LogP contribution in [-0.4, -0.2) is 11.1 Å². The van der Waals surface area contributed by atoms with Gasteiger partial charge in [0.2, 0.25) is 0 Å². The standard InChI is InChI=1S/C13H12FNO2S/c1-2-9-10(15)12(13(16)17)18-11(9)7-4-3-5-8(14)6-7/h3-6H,2,15H2,1H3,(H,16,17). The van der Waals surface area contributed by atoms with Gasteiger partial charge in [-0.15, -0.1) is 11.3 Å². The van der Waals surface area contributed by atoms with E-state index in [1.54, 1.807) is 12.1 Å². The predicted molar refractivity (Wildman–Crippen MR) is 70.5 cm³/mol. The molecule has 1 heterocycles. The van der Waals surface area contributed by atoms with Crippen LogP contribution in [-0.2, 0) is 6.42 Å². The lowest BCUT2D eigenvalue weighted by Crippen LogP contribution is -1.99. The molecule has 0 saturated heterocycles. The first-order valence-electron chi connectivity index (χ1n) is 5.45. The summed E-state index contributed by atoms with van der Waals surface area (Å²) in [7, 11) is 0. The van der Waals surface area contributed by atoms with Crippen LogP contribution in [0.15, 0.2) is 24.3 Å². The van der Waals surface area contributed by atoms with Gasteiger partial charge < -0.3 is 10.8 Å². The van der Waals surface area contributed by atoms with Crippen molar-refractivity contribution in [3.05, 3.63) is 40.5 Å². The fraction of sp³-hybridized carbons (Fsp3) is 0.154. The van der Waals surface area contributed by atoms with Crippen LogP contribution >= 0.6 is 11.3 Å². The van der Waals surface area contributed by atoms with Gasteiger partial charge in [-0.05, 0) is 29.7 Å². The minimum atomic E-state index is -1.05. The van der Waals surface area contributed by atoms with E-state index < -0.39 is 5.97 Å². The SMILES string of the molecule is CCc1c(-c2cccc(F)c2)sc(C(=O)O)c1N. The van der Waals surface area contributed by atoms with E-state index in [2.05, 4.69) is 0 Å². The second-order valence-corrected chi connectivity index (χ2v) is 4.84. The smallest absolute Gasteiger partial charge is 0.348 e. The van der Waals surface area contributed by atoms with Gasteiger partial charge in [0.25, 0.3) is 0 Å². The van der Waals surface area contributed by atoms with E-state index in [9.17, 15) is 9.18 Å². The number of anilines is 1. The van der Waals surface area contributed by atoms with Crippen LogP contribution in [0, 0.1) is 5.82 Å². The normalized spacial score (nSPS) is 10.6. The van der Waals surface area contributed by atoms with Crippen molar-refractivity contribution in [3.8, 4) is 10.4 Å². The molecule has 0 saturated carbocycles. The number of benzene rings is 1. The van der Waals surface area contributed by atoms with Gasteiger partial charge in [0.05, 0.1) is 5.69 Å². The summed E-state index contributed by atoms with van der Waals surface area (Å²) in [6, 6.07) is 6.08. The van der Waals surface area contributed by atoms with Gasteiger partial charge in [-0.25, -0.2) is 9.18 Å². The van der Waals surface area contributed by atoms with E-state index in [-0.39, 0.29) is 16.4 Å². The number of thiophene rings is 1. The monoisotopic (exact) mass is 265 g/mol. The summed E-state index contributed by atoms with van der Waals surface area (Å²) in [6.07, 6.45) is 0.613. The van der Waals surface area contributed by atoms with Crippen LogP contribution in [0.1, 0.15) is 22.2 Å². The van der Waals surface area contributed by atoms with Gasteiger partial charge in [-0.1, -0.05) is 19.1 Å². The Bertz CT molecular complexity index is 607. The van der Waals surface area contributed by atoms with Crippen molar-refractivity contribution in [2.24, 2.45) is 0 Å². The molecule has 2 rings (SSSR count). The summed E-state index contributed by atoms with van der Waals surface area (Å²) in [4.78, 5) is 11.9. The number of hydrogen-bond acceptors (Lipinski definition) is 3. The third-order valence-corrected chi connectivity index (χ3v) is 3.97. The van der Waals surface area contributed by atoms with Gasteiger partial charge >= 0.3 is 5.97 Å². The highest BCUT2D eigenvalue weighted by molar-refractivity contribution is 7.18. The summed E-state index contributed by atoms with van der Waals surface area (Å²) in [6.45, 7) is 1.90. The van der Waals surface area contributed by atoms with Crippen LogP contribution in [0.5, 0.6) is 0 Å². The van der Waals surface area contributed by atoms with Crippen molar-refractivity contribution in [1.29, 1.82) is 0 Å². The fourth-order valence-electron chi connectivity index (χ4n) is 1.85. The molecule has 0 radical (unpaired) electrons. The first kappa shape index (κ1) is 12.6. The predicted octanol–water partition coefficient (Wildman–Crippen LogP) is 3.40. The molecular weight excluding hydrogens is 253 g/mol. The summed E-state index contributed by atoms with van der Waals surface area (Å²) < 4.78 is 13.2. The molecule has 2 aromatic rings. The molecule has 5 heteroatoms. The van der Waals surface area contributed by atoms with Crippen molar-refractivity contribution < 1.29 is 14.3 Å². The van der Waals surface area contributed by atoms with Gasteiger partial charge in [-0.2, -0.15) is 0 Å². The molecule has 0 aliphatic heterocycles. The van der Waals surface area contributed by atoms with Crippen molar-refractivity contribution in [2.75, 3.05) is 5.73 Å². The number of nitrogens with two attached hydrogens (primary N) is 1. The van der Waals surface area contributed by atoms with Gasteiger partial charge in [-0.3, -0.25) is 0 Å². The maximum Gasteiger partial charge on any atom is 0.348 e. The highest BCUT2D eigenvalue weighted by Gasteiger charge is 2.20. The first-order valence-corrected chi connectivity index (χ1v) is 6.26. The molecule has 0 unspecified atom stereocenters. The van der Waals surface area contributed by atoms with Crippen molar-refractivity contribution in [3.63, 3.8) is 0 Å². The second kappa shape index (κ2) is 4.78. The Labute approximate surface area is 108 Å². The Morgan fingerprint density at radius 1 is 1.50 bits per heavy atom. The minimum Gasteiger partial charge on any atom is -0.477 e. The van der Waals surface area contributed by atoms with Crippen LogP contribution in [0.25, 0.3) is 10.4 Å². The van der Waals surface area contributed by atoms with Crippen LogP contribution in [0.3, 0.4) is 0 Å². The Hall–Kier alpha value is -1.88. The first-order chi connectivity index (χ1) is 8.54. The Morgan fingerprint density at radius 2 is 2.22 bits per heavy atom. The molecular formula is C13H12FNO2S. The third-order valence-electron chi connectivity index (χ3n) is 2.68. The molecule has 3 N–H and O–H groups in total. The number of aromatic carboxylic acids is 1. The highest BCUT2D eigenvalue weighted by Crippen LogP contribution is 2.39. The molecule has 1 aromatic heterocycles. The highest BCUT2D eigenvalue weighted by atomic mass is 32.1. The molecule has 94 valence electrons. The molecule has 0 bridgehead atoms. The third kappa shape index (κ3) is 2.09. The Balaban J connectivity index is 2.64. The van der Waals surface area contributed by atoms with Gasteiger partial charge in [0, 0.05) is 4.88 Å². The van der Waals surface area contributed by atoms with Gasteiger partial charge in [0.15, 0.2) is 0 Å². The minimum absolute atomic E-state index is 0.117. The molecule has 0 fully saturated rings. The number of rotatable bonds is 3. The van der Waals surface area contributed by atoms with Crippen molar-refractivity contribution in [1.82, 2.24) is 0 Å². The Morgan fingerprint density at radius 3 is 2.78 bits per heavy atom. The molecule has 0 amide bonds. The molecule has 0 atom stereocenters. The molecule has 3 nitrogen and oxygen atoms in total. The maximum atomic E-state index is 13.2. The van der Waals surface area contributed by atoms with Crippen LogP contribution < -0.4 is 5.73 Å². The van der Waals surface area contributed by atoms with E-state index in [4.69, 9.17) is 10.8 Å². The van der Waals surface area contributed by atoms with Crippen molar-refractivity contribution in [2.45, 2.75) is 13.3 Å². The van der Waals surface area contributed by atoms with E-state index in [0.717, 1.165) is 21.8 Å². The quantitative estimate of drug-likeness (QED) is 0.894. The number of carboxylic acid groups (broad SMARTS) is 1. The fourth-order valence-corrected chi connectivity index (χ4v) is 3.00. The molecule has 0 aliphatic carbocycles. The van der Waals surface area contributed by atoms with E-state index >= 15 is 0 Å². The second-order valence-electron chi connectivity index (χ2n) is 3.82. The zero-order valence-electron chi connectivity index (χ0n) is 9.74. The largest absolute Gasteiger partial charge is 0.477 e. The zero-order valence-corrected chi connectivity index (χ0v) is 10.6. The zero-order chi connectivity index (χ0) is 13.3. The lowest BCUT2D eigenvalue weighted by Gasteiger charge is -2.02. The van der Waals surface area contributed by atoms with Crippen LogP contribution in [0.4, 0.5) is 10.1 Å². The van der Waals surface area contributed by atoms with Crippen LogP contribution in [0.2, 0.25) is 0 Å². The Kier molecular flexibility index (Phi) is 3.34. The topological polar surface area (TPSA) is 63.3 Å². The van der Waals surface area contributed by atoms with E-state index in [0.29, 0.717) is 12.0 Å². The lowest BCUT2D eigenvalue weighted by atomic mass is 10.1. The number of carbonyl (C=O) groups is 1. The molecule has 0 spiro atoms. The van der Waals surface area contributed by atoms with Gasteiger partial charge in [0.1, 0.15) is 10.7 Å². The maximum absolute atomic E-state index is 13.2. The van der Waals surface area contributed by atoms with Crippen molar-refractivity contribution >= 4 is 23.0 Å². The molecule has 1 aromatic carbocycles. The number of hydrogen-bond donors (Lipinski definition) is 2. The van der Waals surface area contributed by atoms with E-state index in [1.807, 2.05) is 6.92 Å². The summed E-state index contributed by atoms with van der Waals surface area (Å²) in [5.41, 5.74) is 7.54. The number of nitrogen functional groups attached to an aromatic ring is 1. The van der Waals surface area contributed by atoms with E-state index in [1.165, 1.54) is 12.1 Å². The number of halogens is 1. The molecule has 0 aliphatic rings. The summed E-state index contributed by atoms with van der Waals surface area (Å²) in [5.74, 6) is -1.40. The average Bonchev–Trinajstić information content (AvgIpc) is 2.66.